The van der Waals surface area contributed by atoms with Crippen molar-refractivity contribution in [1.29, 1.82) is 0 Å². The topological polar surface area (TPSA) is 60.4 Å². The van der Waals surface area contributed by atoms with Gasteiger partial charge in [0, 0.05) is 0 Å². The number of carbonyl (C=O) groups excluding carboxylic acids is 3. The maximum absolute atomic E-state index is 12.0. The molecule has 0 saturated carbocycles. The lowest BCUT2D eigenvalue weighted by Gasteiger charge is -2.43. The monoisotopic (exact) mass is 218 g/mol. The van der Waals surface area contributed by atoms with Crippen molar-refractivity contribution in [3.63, 3.8) is 0 Å². The molecule has 4 heteroatoms. The quantitative estimate of drug-likeness (QED) is 0.437. The molecule has 0 radical (unpaired) electrons. The Morgan fingerprint density at radius 2 is 1.88 bits per heavy atom. The van der Waals surface area contributed by atoms with Crippen LogP contribution in [0, 0.1) is 17.8 Å². The average molecular weight is 218 g/mol. The van der Waals surface area contributed by atoms with E-state index in [0.29, 0.717) is 5.57 Å². The molecule has 82 valence electrons. The summed E-state index contributed by atoms with van der Waals surface area (Å²) in [5.41, 5.74) is 0.444. The van der Waals surface area contributed by atoms with Gasteiger partial charge in [0.2, 0.25) is 0 Å². The first-order valence-corrected chi connectivity index (χ1v) is 5.25. The largest absolute Gasteiger partial charge is 0.457 e. The van der Waals surface area contributed by atoms with E-state index in [2.05, 4.69) is 0 Å². The summed E-state index contributed by atoms with van der Waals surface area (Å²) < 4.78 is 5.08. The summed E-state index contributed by atoms with van der Waals surface area (Å²) in [7, 11) is 0. The number of carbonyl (C=O) groups is 3. The molecule has 4 atom stereocenters. The third kappa shape index (κ3) is 1.01. The van der Waals surface area contributed by atoms with Crippen LogP contribution in [-0.2, 0) is 19.1 Å². The minimum atomic E-state index is -0.574. The summed E-state index contributed by atoms with van der Waals surface area (Å²) in [4.78, 5) is 35.3. The molecule has 0 N–H and O–H groups in total. The maximum atomic E-state index is 12.0. The highest BCUT2D eigenvalue weighted by atomic mass is 16.5. The third-order valence-electron chi connectivity index (χ3n) is 3.54. The van der Waals surface area contributed by atoms with Crippen molar-refractivity contribution in [3.05, 3.63) is 23.8 Å². The molecule has 2 bridgehead atoms. The van der Waals surface area contributed by atoms with Gasteiger partial charge in [-0.3, -0.25) is 14.4 Å². The lowest BCUT2D eigenvalue weighted by atomic mass is 9.65. The van der Waals surface area contributed by atoms with Gasteiger partial charge in [-0.2, -0.15) is 0 Å². The fraction of sp³-hybridized carbons (Fsp3) is 0.417. The molecule has 0 amide bonds. The average Bonchev–Trinajstić information content (AvgIpc) is 2.25. The van der Waals surface area contributed by atoms with Crippen molar-refractivity contribution < 1.29 is 19.1 Å². The van der Waals surface area contributed by atoms with Crippen LogP contribution in [0.4, 0.5) is 0 Å². The Bertz CT molecular complexity index is 471. The lowest BCUT2D eigenvalue weighted by molar-refractivity contribution is -0.172. The van der Waals surface area contributed by atoms with Crippen molar-refractivity contribution in [2.75, 3.05) is 0 Å². The number of allylic oxidation sites excluding steroid dienone is 2. The molecule has 0 unspecified atom stereocenters. The summed E-state index contributed by atoms with van der Waals surface area (Å²) in [6.45, 7) is 1.62. The van der Waals surface area contributed by atoms with Gasteiger partial charge in [-0.25, -0.2) is 0 Å². The maximum Gasteiger partial charge on any atom is 0.314 e. The molecule has 4 rings (SSSR count). The van der Waals surface area contributed by atoms with Crippen LogP contribution < -0.4 is 0 Å². The van der Waals surface area contributed by atoms with E-state index < -0.39 is 23.9 Å². The van der Waals surface area contributed by atoms with E-state index >= 15 is 0 Å². The molecule has 2 heterocycles. The number of esters is 1. The highest BCUT2D eigenvalue weighted by Gasteiger charge is 2.54. The Hall–Kier alpha value is -1.71. The summed E-state index contributed by atoms with van der Waals surface area (Å²) in [6, 6.07) is 0. The van der Waals surface area contributed by atoms with Gasteiger partial charge in [-0.15, -0.1) is 0 Å². The smallest absolute Gasteiger partial charge is 0.314 e. The Morgan fingerprint density at radius 1 is 1.12 bits per heavy atom. The first-order valence-electron chi connectivity index (χ1n) is 5.25. The normalized spacial score (nSPS) is 40.6. The van der Waals surface area contributed by atoms with E-state index in [0.717, 1.165) is 0 Å². The van der Waals surface area contributed by atoms with Gasteiger partial charge in [0.25, 0.3) is 0 Å². The van der Waals surface area contributed by atoms with Crippen molar-refractivity contribution in [3.8, 4) is 0 Å². The van der Waals surface area contributed by atoms with E-state index in [1.165, 1.54) is 6.08 Å². The summed E-state index contributed by atoms with van der Waals surface area (Å²) >= 11 is 0. The molecular weight excluding hydrogens is 208 g/mol. The van der Waals surface area contributed by atoms with E-state index in [9.17, 15) is 14.4 Å². The van der Waals surface area contributed by atoms with E-state index in [4.69, 9.17) is 4.74 Å². The standard InChI is InChI=1S/C12H10O4/c1-5-4-7(13)10-8-3-2-6(12(15)16-8)9(10)11(5)14/h2-4,6,8-10H,1H3/t6-,8+,9+,10-/m1/s1. The number of hydrogen-bond acceptors (Lipinski definition) is 4. The highest BCUT2D eigenvalue weighted by Crippen LogP contribution is 2.42. The molecular formula is C12H10O4. The van der Waals surface area contributed by atoms with Gasteiger partial charge >= 0.3 is 5.97 Å². The molecule has 4 aliphatic rings. The summed E-state index contributed by atoms with van der Waals surface area (Å²) in [5.74, 6) is -2.19. The van der Waals surface area contributed by atoms with Crippen molar-refractivity contribution in [2.24, 2.45) is 17.8 Å². The molecule has 16 heavy (non-hydrogen) atoms. The number of ether oxygens (including phenoxy) is 1. The molecule has 2 aliphatic heterocycles. The van der Waals surface area contributed by atoms with Crippen molar-refractivity contribution in [2.45, 2.75) is 13.0 Å². The van der Waals surface area contributed by atoms with Crippen LogP contribution >= 0.6 is 0 Å². The van der Waals surface area contributed by atoms with E-state index in [1.54, 1.807) is 19.1 Å². The van der Waals surface area contributed by atoms with E-state index in [1.807, 2.05) is 0 Å². The number of rotatable bonds is 0. The number of hydrogen-bond donors (Lipinski definition) is 0. The van der Waals surface area contributed by atoms with Crippen LogP contribution in [0.2, 0.25) is 0 Å². The molecule has 1 saturated heterocycles. The molecule has 4 nitrogen and oxygen atoms in total. The second-order valence-electron chi connectivity index (χ2n) is 4.46. The van der Waals surface area contributed by atoms with Crippen LogP contribution in [0.3, 0.4) is 0 Å². The predicted molar refractivity (Wildman–Crippen MR) is 53.3 cm³/mol. The first-order chi connectivity index (χ1) is 7.59. The van der Waals surface area contributed by atoms with Gasteiger partial charge in [0.1, 0.15) is 6.10 Å². The fourth-order valence-corrected chi connectivity index (χ4v) is 2.76. The minimum Gasteiger partial charge on any atom is -0.457 e. The Balaban J connectivity index is 2.13. The first kappa shape index (κ1) is 9.51. The van der Waals surface area contributed by atoms with Crippen molar-refractivity contribution >= 4 is 17.5 Å². The minimum absolute atomic E-state index is 0.0967. The van der Waals surface area contributed by atoms with Crippen LogP contribution in [-0.4, -0.2) is 23.6 Å². The zero-order valence-electron chi connectivity index (χ0n) is 8.67. The Morgan fingerprint density at radius 3 is 2.56 bits per heavy atom. The molecule has 0 aromatic rings. The molecule has 2 aliphatic carbocycles. The zero-order chi connectivity index (χ0) is 11.4. The number of ketones is 2. The third-order valence-corrected chi connectivity index (χ3v) is 3.54. The molecule has 0 spiro atoms. The van der Waals surface area contributed by atoms with Crippen LogP contribution in [0.15, 0.2) is 23.8 Å². The Kier molecular flexibility index (Phi) is 1.73. The van der Waals surface area contributed by atoms with Gasteiger partial charge in [-0.1, -0.05) is 6.08 Å². The summed E-state index contributed by atoms with van der Waals surface area (Å²) in [6.07, 6.45) is 4.23. The van der Waals surface area contributed by atoms with Crippen LogP contribution in [0.25, 0.3) is 0 Å². The SMILES string of the molecule is CC1=CC(=O)[C@H]2[C@@H](C1=O)[C@H]1C=C[C@@H]2OC1=O. The van der Waals surface area contributed by atoms with Crippen molar-refractivity contribution in [1.82, 2.24) is 0 Å². The molecule has 0 aromatic carbocycles. The summed E-state index contributed by atoms with van der Waals surface area (Å²) in [5, 5.41) is 0. The lowest BCUT2D eigenvalue weighted by Crippen LogP contribution is -2.54. The molecule has 1 fully saturated rings. The van der Waals surface area contributed by atoms with Gasteiger partial charge in [0.05, 0.1) is 17.8 Å². The van der Waals surface area contributed by atoms with Gasteiger partial charge < -0.3 is 4.74 Å². The van der Waals surface area contributed by atoms with Crippen LogP contribution in [0.1, 0.15) is 6.92 Å². The molecule has 0 aromatic heterocycles. The zero-order valence-corrected chi connectivity index (χ0v) is 8.67. The van der Waals surface area contributed by atoms with Gasteiger partial charge in [0.15, 0.2) is 11.6 Å². The Labute approximate surface area is 92.0 Å². The van der Waals surface area contributed by atoms with E-state index in [-0.39, 0.29) is 17.5 Å². The highest BCUT2D eigenvalue weighted by molar-refractivity contribution is 6.12. The second kappa shape index (κ2) is 2.90. The fourth-order valence-electron chi connectivity index (χ4n) is 2.76. The second-order valence-corrected chi connectivity index (χ2v) is 4.46. The predicted octanol–water partition coefficient (Wildman–Crippen LogP) is 0.428. The number of Topliss-reactive ketones (excluding diaryl/α,β-unsaturated/α-hetero) is 1. The van der Waals surface area contributed by atoms with Gasteiger partial charge in [-0.05, 0) is 24.6 Å². The van der Waals surface area contributed by atoms with Crippen LogP contribution in [0.5, 0.6) is 0 Å². The number of fused-ring (bicyclic) bond motifs is 1.